The second kappa shape index (κ2) is 4.09. The van der Waals surface area contributed by atoms with Crippen LogP contribution in [0.3, 0.4) is 0 Å². The van der Waals surface area contributed by atoms with Crippen molar-refractivity contribution in [3.8, 4) is 0 Å². The molecule has 17 heavy (non-hydrogen) atoms. The molecule has 1 fully saturated rings. The van der Waals surface area contributed by atoms with Crippen molar-refractivity contribution in [2.75, 3.05) is 6.54 Å². The van der Waals surface area contributed by atoms with Gasteiger partial charge in [0.25, 0.3) is 0 Å². The van der Waals surface area contributed by atoms with E-state index in [4.69, 9.17) is 0 Å². The summed E-state index contributed by atoms with van der Waals surface area (Å²) in [6, 6.07) is 6.31. The van der Waals surface area contributed by atoms with Gasteiger partial charge in [-0.1, -0.05) is 6.07 Å². The van der Waals surface area contributed by atoms with E-state index in [1.165, 1.54) is 10.3 Å². The molecule has 4 nitrogen and oxygen atoms in total. The van der Waals surface area contributed by atoms with E-state index < -0.39 is 0 Å². The van der Waals surface area contributed by atoms with Gasteiger partial charge in [0.15, 0.2) is 0 Å². The van der Waals surface area contributed by atoms with E-state index in [0.717, 1.165) is 5.52 Å². The van der Waals surface area contributed by atoms with E-state index in [1.807, 2.05) is 18.5 Å². The summed E-state index contributed by atoms with van der Waals surface area (Å²) in [6.07, 6.45) is 0. The van der Waals surface area contributed by atoms with E-state index in [-0.39, 0.29) is 18.0 Å². The molecule has 2 atom stereocenters. The first kappa shape index (κ1) is 10.7. The smallest absolute Gasteiger partial charge is 0.236 e. The van der Waals surface area contributed by atoms with Gasteiger partial charge in [-0.25, -0.2) is 4.98 Å². The molecular weight excluding hydrogens is 234 g/mol. The lowest BCUT2D eigenvalue weighted by atomic mass is 10.0. The summed E-state index contributed by atoms with van der Waals surface area (Å²) in [5.74, 6) is 0.0696. The van der Waals surface area contributed by atoms with Crippen LogP contribution in [0, 0.1) is 0 Å². The van der Waals surface area contributed by atoms with Crippen molar-refractivity contribution in [1.82, 2.24) is 15.6 Å². The third-order valence-electron chi connectivity index (χ3n) is 3.08. The average Bonchev–Trinajstić information content (AvgIpc) is 2.79. The lowest BCUT2D eigenvalue weighted by Gasteiger charge is -2.29. The fraction of sp³-hybridized carbons (Fsp3) is 0.333. The number of hydrogen-bond donors (Lipinski definition) is 2. The zero-order chi connectivity index (χ0) is 11.8. The lowest BCUT2D eigenvalue weighted by Crippen LogP contribution is -2.52. The Morgan fingerprint density at radius 3 is 3.18 bits per heavy atom. The van der Waals surface area contributed by atoms with E-state index in [9.17, 15) is 4.79 Å². The number of fused-ring (bicyclic) bond motifs is 1. The molecule has 3 rings (SSSR count). The fourth-order valence-electron chi connectivity index (χ4n) is 2.09. The number of rotatable bonds is 1. The number of aromatic nitrogens is 1. The van der Waals surface area contributed by atoms with Crippen molar-refractivity contribution in [2.45, 2.75) is 19.0 Å². The number of carbonyl (C=O) groups excluding carboxylic acids is 1. The van der Waals surface area contributed by atoms with Gasteiger partial charge in [0.05, 0.1) is 27.8 Å². The zero-order valence-corrected chi connectivity index (χ0v) is 10.3. The van der Waals surface area contributed by atoms with E-state index in [1.54, 1.807) is 11.3 Å². The van der Waals surface area contributed by atoms with Crippen molar-refractivity contribution in [1.29, 1.82) is 0 Å². The number of piperazine rings is 1. The van der Waals surface area contributed by atoms with Crippen LogP contribution in [0.25, 0.3) is 10.2 Å². The molecule has 2 aromatic rings. The summed E-state index contributed by atoms with van der Waals surface area (Å²) < 4.78 is 1.19. The number of carbonyl (C=O) groups is 1. The molecule has 0 radical (unpaired) electrons. The van der Waals surface area contributed by atoms with E-state index in [2.05, 4.69) is 27.8 Å². The Balaban J connectivity index is 1.90. The second-order valence-electron chi connectivity index (χ2n) is 4.27. The van der Waals surface area contributed by atoms with Crippen molar-refractivity contribution in [3.05, 3.63) is 29.3 Å². The molecule has 1 amide bonds. The first-order valence-corrected chi connectivity index (χ1v) is 6.49. The Labute approximate surface area is 103 Å². The molecule has 2 heterocycles. The molecule has 88 valence electrons. The van der Waals surface area contributed by atoms with Crippen LogP contribution >= 0.6 is 11.3 Å². The van der Waals surface area contributed by atoms with E-state index >= 15 is 0 Å². The molecule has 0 aliphatic carbocycles. The van der Waals surface area contributed by atoms with Gasteiger partial charge in [0, 0.05) is 6.54 Å². The van der Waals surface area contributed by atoms with Crippen molar-refractivity contribution in [3.63, 3.8) is 0 Å². The molecule has 1 saturated heterocycles. The van der Waals surface area contributed by atoms with Gasteiger partial charge in [0.1, 0.15) is 0 Å². The molecule has 0 bridgehead atoms. The quantitative estimate of drug-likeness (QED) is 0.802. The Morgan fingerprint density at radius 2 is 2.35 bits per heavy atom. The Morgan fingerprint density at radius 1 is 1.47 bits per heavy atom. The first-order valence-electron chi connectivity index (χ1n) is 5.61. The van der Waals surface area contributed by atoms with Gasteiger partial charge in [0.2, 0.25) is 5.91 Å². The maximum absolute atomic E-state index is 11.4. The zero-order valence-electron chi connectivity index (χ0n) is 9.43. The molecule has 1 aromatic carbocycles. The minimum atomic E-state index is -0.133. The summed E-state index contributed by atoms with van der Waals surface area (Å²) in [7, 11) is 0. The predicted octanol–water partition coefficient (Wildman–Crippen LogP) is 1.45. The third kappa shape index (κ3) is 1.92. The summed E-state index contributed by atoms with van der Waals surface area (Å²) >= 11 is 1.64. The third-order valence-corrected chi connectivity index (χ3v) is 3.87. The Bertz CT molecular complexity index is 566. The normalized spacial score (nSPS) is 24.9. The summed E-state index contributed by atoms with van der Waals surface area (Å²) in [5.41, 5.74) is 4.09. The molecule has 0 spiro atoms. The Kier molecular flexibility index (Phi) is 2.57. The number of thiazole rings is 1. The van der Waals surface area contributed by atoms with Crippen LogP contribution in [0.1, 0.15) is 18.5 Å². The van der Waals surface area contributed by atoms with Crippen molar-refractivity contribution >= 4 is 27.5 Å². The molecule has 1 aliphatic rings. The van der Waals surface area contributed by atoms with Gasteiger partial charge in [-0.15, -0.1) is 11.3 Å². The maximum atomic E-state index is 11.4. The lowest BCUT2D eigenvalue weighted by molar-refractivity contribution is -0.124. The first-order chi connectivity index (χ1) is 8.24. The monoisotopic (exact) mass is 247 g/mol. The summed E-state index contributed by atoms with van der Waals surface area (Å²) in [6.45, 7) is 2.53. The van der Waals surface area contributed by atoms with Crippen LogP contribution < -0.4 is 10.6 Å². The predicted molar refractivity (Wildman–Crippen MR) is 68.0 cm³/mol. The van der Waals surface area contributed by atoms with Crippen molar-refractivity contribution < 1.29 is 4.79 Å². The molecule has 5 heteroatoms. The number of nitrogens with zero attached hydrogens (tertiary/aromatic N) is 1. The molecular formula is C12H13N3OS. The SMILES string of the molecule is CC1NC(c2ccc3ncsc3c2)CNC1=O. The van der Waals surface area contributed by atoms with Gasteiger partial charge in [-0.05, 0) is 24.6 Å². The highest BCUT2D eigenvalue weighted by Gasteiger charge is 2.24. The van der Waals surface area contributed by atoms with Gasteiger partial charge in [-0.2, -0.15) is 0 Å². The summed E-state index contributed by atoms with van der Waals surface area (Å²) in [5, 5.41) is 6.22. The topological polar surface area (TPSA) is 54.0 Å². The van der Waals surface area contributed by atoms with Gasteiger partial charge < -0.3 is 5.32 Å². The number of benzene rings is 1. The molecule has 1 aliphatic heterocycles. The molecule has 0 saturated carbocycles. The fourth-order valence-corrected chi connectivity index (χ4v) is 2.82. The van der Waals surface area contributed by atoms with Crippen LogP contribution in [-0.4, -0.2) is 23.5 Å². The van der Waals surface area contributed by atoms with Crippen LogP contribution in [0.5, 0.6) is 0 Å². The maximum Gasteiger partial charge on any atom is 0.236 e. The molecule has 1 aromatic heterocycles. The minimum absolute atomic E-state index is 0.0696. The molecule has 2 N–H and O–H groups in total. The van der Waals surface area contributed by atoms with E-state index in [0.29, 0.717) is 6.54 Å². The second-order valence-corrected chi connectivity index (χ2v) is 5.15. The van der Waals surface area contributed by atoms with Crippen molar-refractivity contribution in [2.24, 2.45) is 0 Å². The standard InChI is InChI=1S/C12H13N3OS/c1-7-12(16)13-5-10(15-7)8-2-3-9-11(4-8)17-6-14-9/h2-4,6-7,10,15H,5H2,1H3,(H,13,16). The van der Waals surface area contributed by atoms with Crippen LogP contribution in [-0.2, 0) is 4.79 Å². The highest BCUT2D eigenvalue weighted by Crippen LogP contribution is 2.23. The largest absolute Gasteiger partial charge is 0.353 e. The highest BCUT2D eigenvalue weighted by atomic mass is 32.1. The average molecular weight is 247 g/mol. The number of nitrogens with one attached hydrogen (secondary N) is 2. The van der Waals surface area contributed by atoms with Crippen LogP contribution in [0.2, 0.25) is 0 Å². The Hall–Kier alpha value is -1.46. The number of hydrogen-bond acceptors (Lipinski definition) is 4. The molecule has 2 unspecified atom stereocenters. The highest BCUT2D eigenvalue weighted by molar-refractivity contribution is 7.16. The van der Waals surface area contributed by atoms with Gasteiger partial charge >= 0.3 is 0 Å². The minimum Gasteiger partial charge on any atom is -0.353 e. The van der Waals surface area contributed by atoms with Crippen LogP contribution in [0.4, 0.5) is 0 Å². The van der Waals surface area contributed by atoms with Gasteiger partial charge in [-0.3, -0.25) is 10.1 Å². The summed E-state index contributed by atoms with van der Waals surface area (Å²) in [4.78, 5) is 15.6. The van der Waals surface area contributed by atoms with Crippen LogP contribution in [0.15, 0.2) is 23.7 Å². The number of amides is 1.